The van der Waals surface area contributed by atoms with Crippen LogP contribution in [0, 0.1) is 0 Å². The number of nitrogens with one attached hydrogen (secondary N) is 2. The van der Waals surface area contributed by atoms with Crippen LogP contribution in [0.1, 0.15) is 20.3 Å². The minimum Gasteiger partial charge on any atom is -0.379 e. The molecule has 1 atom stereocenters. The van der Waals surface area contributed by atoms with Crippen molar-refractivity contribution in [3.05, 3.63) is 30.3 Å². The predicted octanol–water partition coefficient (Wildman–Crippen LogP) is 2.41. The molecule has 0 saturated carbocycles. The first-order chi connectivity index (χ1) is 12.7. The predicted molar refractivity (Wildman–Crippen MR) is 126 cm³/mol. The summed E-state index contributed by atoms with van der Waals surface area (Å²) in [6, 6.07) is 10.9. The number of halogens is 1. The molecule has 1 aliphatic rings. The number of hydrogen-bond donors (Lipinski definition) is 2. The van der Waals surface area contributed by atoms with Gasteiger partial charge in [0.05, 0.1) is 19.8 Å². The Kier molecular flexibility index (Phi) is 12.4. The van der Waals surface area contributed by atoms with Crippen LogP contribution in [0.3, 0.4) is 0 Å². The Hall–Kier alpha value is -1.06. The van der Waals surface area contributed by atoms with Crippen LogP contribution in [0.15, 0.2) is 35.3 Å². The van der Waals surface area contributed by atoms with Crippen LogP contribution < -0.4 is 15.5 Å². The van der Waals surface area contributed by atoms with Crippen molar-refractivity contribution in [2.45, 2.75) is 26.3 Å². The van der Waals surface area contributed by atoms with Crippen LogP contribution in [0.2, 0.25) is 0 Å². The summed E-state index contributed by atoms with van der Waals surface area (Å²) in [5.41, 5.74) is 1.26. The minimum absolute atomic E-state index is 0. The van der Waals surface area contributed by atoms with E-state index in [-0.39, 0.29) is 24.0 Å². The molecule has 0 aliphatic carbocycles. The van der Waals surface area contributed by atoms with Crippen molar-refractivity contribution >= 4 is 35.6 Å². The molecule has 1 heterocycles. The summed E-state index contributed by atoms with van der Waals surface area (Å²) in [6.07, 6.45) is 1.06. The minimum atomic E-state index is 0. The summed E-state index contributed by atoms with van der Waals surface area (Å²) in [4.78, 5) is 9.50. The third-order valence-corrected chi connectivity index (χ3v) is 4.69. The van der Waals surface area contributed by atoms with Crippen LogP contribution in [-0.2, 0) is 4.74 Å². The maximum atomic E-state index is 5.42. The lowest BCUT2D eigenvalue weighted by Crippen LogP contribution is -2.44. The number of ether oxygens (including phenoxy) is 1. The molecule has 1 aromatic rings. The fourth-order valence-electron chi connectivity index (χ4n) is 3.03. The number of anilines is 1. The van der Waals surface area contributed by atoms with E-state index < -0.39 is 0 Å². The number of para-hydroxylation sites is 1. The summed E-state index contributed by atoms with van der Waals surface area (Å²) >= 11 is 0. The molecular formula is C20H36IN5O. The highest BCUT2D eigenvalue weighted by Gasteiger charge is 2.16. The number of aliphatic imine (C=N–C) groups is 1. The number of morpholine rings is 1. The molecule has 0 amide bonds. The van der Waals surface area contributed by atoms with Gasteiger partial charge >= 0.3 is 0 Å². The molecule has 2 rings (SSSR count). The molecule has 2 N–H and O–H groups in total. The normalized spacial score (nSPS) is 16.3. The number of hydrogen-bond acceptors (Lipinski definition) is 4. The first-order valence-corrected chi connectivity index (χ1v) is 9.81. The van der Waals surface area contributed by atoms with E-state index in [1.807, 2.05) is 0 Å². The van der Waals surface area contributed by atoms with Gasteiger partial charge in [0.2, 0.25) is 0 Å². The highest BCUT2D eigenvalue weighted by atomic mass is 127. The van der Waals surface area contributed by atoms with E-state index in [0.29, 0.717) is 6.04 Å². The zero-order chi connectivity index (χ0) is 18.6. The Bertz CT molecular complexity index is 522. The van der Waals surface area contributed by atoms with Gasteiger partial charge in [0.15, 0.2) is 5.96 Å². The van der Waals surface area contributed by atoms with Gasteiger partial charge in [0, 0.05) is 51.5 Å². The zero-order valence-corrected chi connectivity index (χ0v) is 19.3. The Labute approximate surface area is 181 Å². The average Bonchev–Trinajstić information content (AvgIpc) is 2.70. The molecule has 0 aromatic heterocycles. The quantitative estimate of drug-likeness (QED) is 0.242. The summed E-state index contributed by atoms with van der Waals surface area (Å²) in [6.45, 7) is 11.6. The molecule has 1 unspecified atom stereocenters. The van der Waals surface area contributed by atoms with Crippen LogP contribution in [0.25, 0.3) is 0 Å². The lowest BCUT2D eigenvalue weighted by atomic mass is 10.2. The van der Waals surface area contributed by atoms with Crippen molar-refractivity contribution in [3.63, 3.8) is 0 Å². The fraction of sp³-hybridized carbons (Fsp3) is 0.650. The Balaban J connectivity index is 0.00000364. The molecule has 1 aromatic carbocycles. The van der Waals surface area contributed by atoms with Crippen LogP contribution in [0.5, 0.6) is 0 Å². The van der Waals surface area contributed by atoms with Gasteiger partial charge in [-0.05, 0) is 32.4 Å². The lowest BCUT2D eigenvalue weighted by molar-refractivity contribution is 0.0220. The molecule has 27 heavy (non-hydrogen) atoms. The van der Waals surface area contributed by atoms with Gasteiger partial charge in [-0.1, -0.05) is 18.2 Å². The van der Waals surface area contributed by atoms with Crippen LogP contribution in [-0.4, -0.2) is 76.4 Å². The largest absolute Gasteiger partial charge is 0.379 e. The second-order valence-corrected chi connectivity index (χ2v) is 6.75. The van der Waals surface area contributed by atoms with Crippen molar-refractivity contribution < 1.29 is 4.74 Å². The van der Waals surface area contributed by atoms with Crippen molar-refractivity contribution in [3.8, 4) is 0 Å². The van der Waals surface area contributed by atoms with Crippen molar-refractivity contribution in [1.29, 1.82) is 0 Å². The van der Waals surface area contributed by atoms with Gasteiger partial charge in [-0.2, -0.15) is 0 Å². The van der Waals surface area contributed by atoms with E-state index in [1.54, 1.807) is 0 Å². The third kappa shape index (κ3) is 9.12. The van der Waals surface area contributed by atoms with E-state index in [2.05, 4.69) is 71.7 Å². The Morgan fingerprint density at radius 2 is 1.93 bits per heavy atom. The number of guanidine groups is 1. The molecule has 154 valence electrons. The molecular weight excluding hydrogens is 453 g/mol. The molecule has 0 bridgehead atoms. The smallest absolute Gasteiger partial charge is 0.191 e. The highest BCUT2D eigenvalue weighted by molar-refractivity contribution is 14.0. The van der Waals surface area contributed by atoms with Crippen LogP contribution >= 0.6 is 24.0 Å². The number of benzene rings is 1. The van der Waals surface area contributed by atoms with E-state index in [4.69, 9.17) is 9.73 Å². The standard InChI is InChI=1S/C20H35N5O.HI/c1-4-21-20(23-17-18(2)25-13-15-26-16-14-25)22-11-8-12-24(3)19-9-6-5-7-10-19;/h5-7,9-10,18H,4,8,11-17H2,1-3H3,(H2,21,22,23);1H. The number of rotatable bonds is 9. The van der Waals surface area contributed by atoms with Gasteiger partial charge < -0.3 is 20.3 Å². The molecule has 1 saturated heterocycles. The fourth-order valence-corrected chi connectivity index (χ4v) is 3.03. The highest BCUT2D eigenvalue weighted by Crippen LogP contribution is 2.10. The van der Waals surface area contributed by atoms with Gasteiger partial charge in [-0.3, -0.25) is 9.89 Å². The van der Waals surface area contributed by atoms with E-state index in [0.717, 1.165) is 64.9 Å². The molecule has 0 radical (unpaired) electrons. The van der Waals surface area contributed by atoms with E-state index in [9.17, 15) is 0 Å². The van der Waals surface area contributed by atoms with E-state index in [1.165, 1.54) is 5.69 Å². The topological polar surface area (TPSA) is 52.1 Å². The summed E-state index contributed by atoms with van der Waals surface area (Å²) in [5.74, 6) is 0.912. The van der Waals surface area contributed by atoms with Crippen molar-refractivity contribution in [2.24, 2.45) is 4.99 Å². The average molecular weight is 489 g/mol. The zero-order valence-electron chi connectivity index (χ0n) is 17.0. The van der Waals surface area contributed by atoms with Crippen LogP contribution in [0.4, 0.5) is 5.69 Å². The second kappa shape index (κ2) is 14.0. The summed E-state index contributed by atoms with van der Waals surface area (Å²) in [5, 5.41) is 6.80. The molecule has 7 heteroatoms. The van der Waals surface area contributed by atoms with Gasteiger partial charge in [-0.15, -0.1) is 24.0 Å². The first kappa shape index (κ1) is 24.0. The van der Waals surface area contributed by atoms with Crippen molar-refractivity contribution in [1.82, 2.24) is 15.5 Å². The summed E-state index contributed by atoms with van der Waals surface area (Å²) in [7, 11) is 2.14. The SMILES string of the molecule is CCNC(=NCC(C)N1CCOCC1)NCCCN(C)c1ccccc1.I. The second-order valence-electron chi connectivity index (χ2n) is 6.75. The third-order valence-electron chi connectivity index (χ3n) is 4.69. The van der Waals surface area contributed by atoms with Gasteiger partial charge in [0.25, 0.3) is 0 Å². The first-order valence-electron chi connectivity index (χ1n) is 9.81. The molecule has 6 nitrogen and oxygen atoms in total. The Morgan fingerprint density at radius 3 is 2.59 bits per heavy atom. The van der Waals surface area contributed by atoms with E-state index >= 15 is 0 Å². The molecule has 0 spiro atoms. The van der Waals surface area contributed by atoms with Gasteiger partial charge in [-0.25, -0.2) is 0 Å². The maximum absolute atomic E-state index is 5.42. The molecule has 1 aliphatic heterocycles. The van der Waals surface area contributed by atoms with Crippen molar-refractivity contribution in [2.75, 3.05) is 64.4 Å². The lowest BCUT2D eigenvalue weighted by Gasteiger charge is -2.31. The Morgan fingerprint density at radius 1 is 1.22 bits per heavy atom. The summed E-state index contributed by atoms with van der Waals surface area (Å²) < 4.78 is 5.42. The monoisotopic (exact) mass is 489 g/mol. The van der Waals surface area contributed by atoms with Gasteiger partial charge in [0.1, 0.15) is 0 Å². The maximum Gasteiger partial charge on any atom is 0.191 e. The number of nitrogens with zero attached hydrogens (tertiary/aromatic N) is 3. The molecule has 1 fully saturated rings.